The fourth-order valence-corrected chi connectivity index (χ4v) is 3.98. The number of ether oxygens (including phenoxy) is 1. The van der Waals surface area contributed by atoms with Crippen LogP contribution in [0.5, 0.6) is 11.5 Å². The summed E-state index contributed by atoms with van der Waals surface area (Å²) in [5.41, 5.74) is 8.85. The van der Waals surface area contributed by atoms with E-state index in [9.17, 15) is 9.90 Å². The first-order chi connectivity index (χ1) is 15.9. The number of allylic oxidation sites excluding steroid dienone is 8. The van der Waals surface area contributed by atoms with Gasteiger partial charge in [0.05, 0.1) is 0 Å². The van der Waals surface area contributed by atoms with Gasteiger partial charge in [-0.3, -0.25) is 4.79 Å². The van der Waals surface area contributed by atoms with Gasteiger partial charge in [0.15, 0.2) is 0 Å². The molecule has 0 aliphatic heterocycles. The molecule has 0 atom stereocenters. The van der Waals surface area contributed by atoms with Crippen LogP contribution in [0.1, 0.15) is 102 Å². The molecule has 0 amide bonds. The summed E-state index contributed by atoms with van der Waals surface area (Å²) in [7, 11) is 0. The first kappa shape index (κ1) is 29.5. The smallest absolute Gasteiger partial charge is 0.308 e. The summed E-state index contributed by atoms with van der Waals surface area (Å²) in [6, 6.07) is 0. The largest absolute Gasteiger partial charge is 0.507 e. The van der Waals surface area contributed by atoms with E-state index in [2.05, 4.69) is 58.9 Å². The summed E-state index contributed by atoms with van der Waals surface area (Å²) in [4.78, 5) is 11.5. The van der Waals surface area contributed by atoms with Crippen LogP contribution in [-0.4, -0.2) is 11.1 Å². The third-order valence-corrected chi connectivity index (χ3v) is 6.39. The fraction of sp³-hybridized carbons (Fsp3) is 0.516. The lowest BCUT2D eigenvalue weighted by Crippen LogP contribution is -2.07. The molecule has 188 valence electrons. The Morgan fingerprint density at radius 1 is 0.706 bits per heavy atom. The van der Waals surface area contributed by atoms with Crippen LogP contribution in [-0.2, 0) is 11.2 Å². The molecule has 0 saturated heterocycles. The molecule has 3 heteroatoms. The van der Waals surface area contributed by atoms with E-state index in [-0.39, 0.29) is 5.97 Å². The Morgan fingerprint density at radius 2 is 1.18 bits per heavy atom. The number of rotatable bonds is 12. The van der Waals surface area contributed by atoms with E-state index in [1.807, 2.05) is 20.8 Å². The molecule has 1 aromatic rings. The Morgan fingerprint density at radius 3 is 1.65 bits per heavy atom. The van der Waals surface area contributed by atoms with E-state index in [0.29, 0.717) is 17.9 Å². The number of esters is 1. The van der Waals surface area contributed by atoms with Crippen LogP contribution in [0.25, 0.3) is 0 Å². The van der Waals surface area contributed by atoms with E-state index in [0.717, 1.165) is 60.8 Å². The predicted octanol–water partition coefficient (Wildman–Crippen LogP) is 8.93. The Bertz CT molecular complexity index is 967. The van der Waals surface area contributed by atoms with Crippen molar-refractivity contribution in [2.45, 2.75) is 107 Å². The van der Waals surface area contributed by atoms with Gasteiger partial charge in [0.2, 0.25) is 0 Å². The number of phenols is 1. The molecule has 3 nitrogen and oxygen atoms in total. The first-order valence-electron chi connectivity index (χ1n) is 12.5. The van der Waals surface area contributed by atoms with Crippen LogP contribution in [0.15, 0.2) is 46.6 Å². The molecule has 0 unspecified atom stereocenters. The number of hydrogen-bond acceptors (Lipinski definition) is 3. The molecule has 34 heavy (non-hydrogen) atoms. The SMILES string of the molecule is CC(=O)Oc1c(C)c(C)c(O)c(C/C=C(\C)CC/C=C(\C)CC/C=C(\C)CCC=C(C)C)c1C. The predicted molar refractivity (Wildman–Crippen MR) is 146 cm³/mol. The lowest BCUT2D eigenvalue weighted by atomic mass is 9.94. The number of carbonyl (C=O) groups is 1. The van der Waals surface area contributed by atoms with Gasteiger partial charge in [0.1, 0.15) is 11.5 Å². The van der Waals surface area contributed by atoms with Crippen molar-refractivity contribution < 1.29 is 14.6 Å². The average molecular weight is 467 g/mol. The second-order valence-corrected chi connectivity index (χ2v) is 9.88. The molecule has 0 saturated carbocycles. The van der Waals surface area contributed by atoms with Crippen LogP contribution in [0.4, 0.5) is 0 Å². The van der Waals surface area contributed by atoms with Crippen LogP contribution < -0.4 is 4.74 Å². The molecule has 0 aliphatic rings. The second kappa shape index (κ2) is 14.7. The zero-order valence-electron chi connectivity index (χ0n) is 23.0. The van der Waals surface area contributed by atoms with Crippen molar-refractivity contribution in [3.8, 4) is 11.5 Å². The van der Waals surface area contributed by atoms with Gasteiger partial charge < -0.3 is 9.84 Å². The van der Waals surface area contributed by atoms with Crippen molar-refractivity contribution in [3.05, 3.63) is 68.9 Å². The van der Waals surface area contributed by atoms with Gasteiger partial charge in [0, 0.05) is 12.5 Å². The summed E-state index contributed by atoms with van der Waals surface area (Å²) in [6.45, 7) is 18.0. The molecule has 1 rings (SSSR count). The summed E-state index contributed by atoms with van der Waals surface area (Å²) in [5.74, 6) is 0.532. The van der Waals surface area contributed by atoms with Gasteiger partial charge >= 0.3 is 5.97 Å². The highest BCUT2D eigenvalue weighted by molar-refractivity contribution is 5.72. The van der Waals surface area contributed by atoms with E-state index in [1.165, 1.54) is 29.2 Å². The maximum absolute atomic E-state index is 11.5. The Kier molecular flexibility index (Phi) is 12.7. The third-order valence-electron chi connectivity index (χ3n) is 6.39. The summed E-state index contributed by atoms with van der Waals surface area (Å²) >= 11 is 0. The monoisotopic (exact) mass is 466 g/mol. The minimum atomic E-state index is -0.342. The molecule has 1 aromatic carbocycles. The zero-order valence-corrected chi connectivity index (χ0v) is 23.0. The molecular formula is C31H46O3. The maximum atomic E-state index is 11.5. The molecule has 0 fully saturated rings. The van der Waals surface area contributed by atoms with E-state index in [1.54, 1.807) is 0 Å². The Labute approximate surface area is 208 Å². The standard InChI is InChI=1S/C31H46O3/c1-21(2)13-10-14-22(3)15-11-16-23(4)17-12-18-24(5)19-20-29-27(8)31(34-28(9)32)26(7)25(6)30(29)33/h13,15,17,19,33H,10-12,14,16,18,20H2,1-9H3/b22-15+,23-17+,24-19+. The van der Waals surface area contributed by atoms with Gasteiger partial charge in [-0.25, -0.2) is 0 Å². The van der Waals surface area contributed by atoms with Gasteiger partial charge in [-0.2, -0.15) is 0 Å². The fourth-order valence-electron chi connectivity index (χ4n) is 3.98. The van der Waals surface area contributed by atoms with Crippen molar-refractivity contribution in [2.75, 3.05) is 0 Å². The molecule has 0 radical (unpaired) electrons. The van der Waals surface area contributed by atoms with Crippen LogP contribution in [0.2, 0.25) is 0 Å². The van der Waals surface area contributed by atoms with Gasteiger partial charge in [0.25, 0.3) is 0 Å². The van der Waals surface area contributed by atoms with Crippen molar-refractivity contribution in [3.63, 3.8) is 0 Å². The highest BCUT2D eigenvalue weighted by atomic mass is 16.5. The minimum Gasteiger partial charge on any atom is -0.507 e. The van der Waals surface area contributed by atoms with Crippen molar-refractivity contribution in [1.29, 1.82) is 0 Å². The molecule has 0 aromatic heterocycles. The highest BCUT2D eigenvalue weighted by Crippen LogP contribution is 2.37. The molecule has 1 N–H and O–H groups in total. The first-order valence-corrected chi connectivity index (χ1v) is 12.5. The van der Waals surface area contributed by atoms with Crippen molar-refractivity contribution in [1.82, 2.24) is 0 Å². The zero-order chi connectivity index (χ0) is 25.8. The summed E-state index contributed by atoms with van der Waals surface area (Å²) in [6.07, 6.45) is 16.3. The van der Waals surface area contributed by atoms with E-state index in [4.69, 9.17) is 4.74 Å². The molecule has 0 heterocycles. The Hall–Kier alpha value is -2.55. The summed E-state index contributed by atoms with van der Waals surface area (Å²) in [5, 5.41) is 10.7. The molecule has 0 aliphatic carbocycles. The number of carbonyl (C=O) groups excluding carboxylic acids is 1. The lowest BCUT2D eigenvalue weighted by molar-refractivity contribution is -0.131. The van der Waals surface area contributed by atoms with E-state index >= 15 is 0 Å². The van der Waals surface area contributed by atoms with Gasteiger partial charge in [-0.15, -0.1) is 0 Å². The Balaban J connectivity index is 2.66. The van der Waals surface area contributed by atoms with Crippen LogP contribution in [0, 0.1) is 20.8 Å². The van der Waals surface area contributed by atoms with Gasteiger partial charge in [-0.1, -0.05) is 46.6 Å². The number of aromatic hydroxyl groups is 1. The van der Waals surface area contributed by atoms with Crippen LogP contribution in [0.3, 0.4) is 0 Å². The lowest BCUT2D eigenvalue weighted by Gasteiger charge is -2.18. The average Bonchev–Trinajstić information content (AvgIpc) is 2.75. The van der Waals surface area contributed by atoms with Crippen molar-refractivity contribution in [2.24, 2.45) is 0 Å². The number of hydrogen-bond donors (Lipinski definition) is 1. The highest BCUT2D eigenvalue weighted by Gasteiger charge is 2.18. The second-order valence-electron chi connectivity index (χ2n) is 9.88. The van der Waals surface area contributed by atoms with Crippen molar-refractivity contribution >= 4 is 5.97 Å². The molecule has 0 bridgehead atoms. The van der Waals surface area contributed by atoms with Gasteiger partial charge in [-0.05, 0) is 117 Å². The normalized spacial score (nSPS) is 12.7. The van der Waals surface area contributed by atoms with E-state index < -0.39 is 0 Å². The number of benzene rings is 1. The van der Waals surface area contributed by atoms with Crippen LogP contribution >= 0.6 is 0 Å². The maximum Gasteiger partial charge on any atom is 0.308 e. The number of phenolic OH excluding ortho intramolecular Hbond substituents is 1. The minimum absolute atomic E-state index is 0.301. The summed E-state index contributed by atoms with van der Waals surface area (Å²) < 4.78 is 5.44. The molecular weight excluding hydrogens is 420 g/mol. The quantitative estimate of drug-likeness (QED) is 0.190. The third kappa shape index (κ3) is 10.2. The topological polar surface area (TPSA) is 46.5 Å². The molecule has 0 spiro atoms.